The first-order chi connectivity index (χ1) is 28.1. The summed E-state index contributed by atoms with van der Waals surface area (Å²) in [5.74, 6) is -2.03. The number of nitrogens with zero attached hydrogens (tertiary/aromatic N) is 1. The van der Waals surface area contributed by atoms with Crippen molar-refractivity contribution < 1.29 is 43.3 Å². The van der Waals surface area contributed by atoms with Crippen molar-refractivity contribution in [1.29, 1.82) is 0 Å². The predicted octanol–water partition coefficient (Wildman–Crippen LogP) is 3.10. The molecule has 60 heavy (non-hydrogen) atoms. The molecule has 0 spiro atoms. The van der Waals surface area contributed by atoms with Crippen LogP contribution < -0.4 is 42.4 Å². The highest BCUT2D eigenvalue weighted by Crippen LogP contribution is 2.25. The molecule has 1 unspecified atom stereocenters. The molecule has 334 valence electrons. The Bertz CT molecular complexity index is 1690. The number of primary amides is 1. The Morgan fingerprint density at radius 1 is 0.950 bits per heavy atom. The van der Waals surface area contributed by atoms with E-state index in [9.17, 15) is 33.9 Å². The molecular weight excluding hydrogens is 773 g/mol. The second-order valence-electron chi connectivity index (χ2n) is 16.7. The quantitative estimate of drug-likeness (QED) is 0.0574. The highest BCUT2D eigenvalue weighted by atomic mass is 16.5. The van der Waals surface area contributed by atoms with Crippen LogP contribution in [0, 0.1) is 11.3 Å². The molecule has 0 aliphatic carbocycles. The number of hydrogen-bond donors (Lipinski definition) is 8. The Morgan fingerprint density at radius 3 is 2.27 bits per heavy atom. The number of allylic oxidation sites excluding steroid dienone is 1. The van der Waals surface area contributed by atoms with Crippen LogP contribution in [-0.4, -0.2) is 103 Å². The number of aliphatic hydroxyl groups is 1. The van der Waals surface area contributed by atoms with Gasteiger partial charge in [-0.1, -0.05) is 46.9 Å². The van der Waals surface area contributed by atoms with Crippen LogP contribution in [0.5, 0.6) is 5.75 Å². The molecule has 17 heteroatoms. The molecule has 0 saturated heterocycles. The van der Waals surface area contributed by atoms with Crippen LogP contribution in [0.4, 0.5) is 10.5 Å². The molecule has 0 aromatic heterocycles. The maximum absolute atomic E-state index is 13.5. The fourth-order valence-electron chi connectivity index (χ4n) is 6.07. The van der Waals surface area contributed by atoms with Gasteiger partial charge in [-0.05, 0) is 69.4 Å². The van der Waals surface area contributed by atoms with Gasteiger partial charge in [0.2, 0.25) is 17.7 Å². The summed E-state index contributed by atoms with van der Waals surface area (Å²) in [4.78, 5) is 75.7. The molecule has 2 atom stereocenters. The van der Waals surface area contributed by atoms with Crippen LogP contribution in [0.1, 0.15) is 92.6 Å². The predicted molar refractivity (Wildman–Crippen MR) is 230 cm³/mol. The fourth-order valence-corrected chi connectivity index (χ4v) is 6.07. The molecular formula is C43H68N8O9. The number of aliphatic hydroxyl groups excluding tert-OH is 1. The number of amides is 7. The zero-order valence-corrected chi connectivity index (χ0v) is 36.5. The van der Waals surface area contributed by atoms with Crippen LogP contribution in [0.3, 0.4) is 0 Å². The number of nitrogens with one attached hydrogen (secondary N) is 6. The summed E-state index contributed by atoms with van der Waals surface area (Å²) in [6.07, 6.45) is 6.46. The largest absolute Gasteiger partial charge is 0.483 e. The van der Waals surface area contributed by atoms with Gasteiger partial charge >= 0.3 is 6.03 Å². The number of nitrogens with two attached hydrogens (primary N) is 1. The third kappa shape index (κ3) is 19.1. The third-order valence-corrected chi connectivity index (χ3v) is 9.81. The lowest BCUT2D eigenvalue weighted by Gasteiger charge is -2.30. The molecule has 9 N–H and O–H groups in total. The van der Waals surface area contributed by atoms with Crippen LogP contribution in [0.25, 0.3) is 0 Å². The van der Waals surface area contributed by atoms with E-state index >= 15 is 0 Å². The van der Waals surface area contributed by atoms with E-state index in [-0.39, 0.29) is 60.8 Å². The topological polar surface area (TPSA) is 243 Å². The Hall–Kier alpha value is -5.42. The normalized spacial score (nSPS) is 13.7. The molecule has 0 bridgehead atoms. The van der Waals surface area contributed by atoms with Gasteiger partial charge < -0.3 is 57.1 Å². The number of urea groups is 1. The van der Waals surface area contributed by atoms with Crippen molar-refractivity contribution in [3.05, 3.63) is 60.5 Å². The van der Waals surface area contributed by atoms with E-state index in [1.807, 2.05) is 13.8 Å². The van der Waals surface area contributed by atoms with E-state index in [2.05, 4.69) is 58.9 Å². The molecule has 2 rings (SSSR count). The van der Waals surface area contributed by atoms with Gasteiger partial charge in [-0.15, -0.1) is 0 Å². The monoisotopic (exact) mass is 841 g/mol. The van der Waals surface area contributed by atoms with Crippen molar-refractivity contribution >= 4 is 41.3 Å². The summed E-state index contributed by atoms with van der Waals surface area (Å²) in [6, 6.07) is 1.92. The number of hydrogen-bond acceptors (Lipinski definition) is 10. The minimum atomic E-state index is -1.05. The molecule has 0 saturated carbocycles. The summed E-state index contributed by atoms with van der Waals surface area (Å²) < 4.78 is 12.0. The lowest BCUT2D eigenvalue weighted by atomic mass is 9.89. The van der Waals surface area contributed by atoms with E-state index < -0.39 is 41.4 Å². The molecule has 0 fully saturated rings. The average molecular weight is 841 g/mol. The van der Waals surface area contributed by atoms with Crippen molar-refractivity contribution in [3.8, 4) is 5.75 Å². The Morgan fingerprint density at radius 2 is 1.65 bits per heavy atom. The van der Waals surface area contributed by atoms with Crippen LogP contribution in [0.15, 0.2) is 54.9 Å². The second-order valence-corrected chi connectivity index (χ2v) is 16.7. The zero-order valence-electron chi connectivity index (χ0n) is 36.5. The molecule has 1 aromatic carbocycles. The molecule has 1 aliphatic rings. The summed E-state index contributed by atoms with van der Waals surface area (Å²) >= 11 is 0. The van der Waals surface area contributed by atoms with Gasteiger partial charge in [0.1, 0.15) is 17.8 Å². The van der Waals surface area contributed by atoms with Crippen LogP contribution in [0.2, 0.25) is 0 Å². The van der Waals surface area contributed by atoms with Crippen LogP contribution >= 0.6 is 0 Å². The van der Waals surface area contributed by atoms with E-state index in [4.69, 9.17) is 15.2 Å². The molecule has 1 heterocycles. The van der Waals surface area contributed by atoms with E-state index in [0.717, 1.165) is 12.1 Å². The smallest absolute Gasteiger partial charge is 0.312 e. The lowest BCUT2D eigenvalue weighted by molar-refractivity contribution is -0.131. The number of carbonyl (C=O) groups is 6. The minimum Gasteiger partial charge on any atom is -0.483 e. The van der Waals surface area contributed by atoms with Crippen molar-refractivity contribution in [2.75, 3.05) is 44.7 Å². The third-order valence-electron chi connectivity index (χ3n) is 9.81. The summed E-state index contributed by atoms with van der Waals surface area (Å²) in [6.45, 7) is 22.8. The molecule has 1 aromatic rings. The van der Waals surface area contributed by atoms with Gasteiger partial charge in [-0.25, -0.2) is 4.79 Å². The fraction of sp³-hybridized carbons (Fsp3) is 0.581. The summed E-state index contributed by atoms with van der Waals surface area (Å²) in [5, 5.41) is 26.6. The molecule has 1 aliphatic heterocycles. The Kier molecular flexibility index (Phi) is 20.8. The van der Waals surface area contributed by atoms with E-state index in [1.54, 1.807) is 37.0 Å². The second kappa shape index (κ2) is 24.6. The summed E-state index contributed by atoms with van der Waals surface area (Å²) in [7, 11) is 0. The standard InChI is InChI=1S/C43H68N8O9/c1-28(2)38(48-31(5)53)40(57)50-34(12-10-20-46-41(44)58)39(56)49-33-15-14-32(25-52)35(24-33)59-26-36(54)45-21-11-18-43(8,9)60-23-19-42(6,7)27-47-29(3)17-22-51-30(4)13-16-37(51)55/h13-16,24,28,34,38,47,52H,3-4,10-12,17-23,25-27H2,1-2,5-9H3,(H,45,54)(H,48,53)(H,49,56)(H,50,57)(H3,44,46,58)/t34-,38?/m0/s1. The summed E-state index contributed by atoms with van der Waals surface area (Å²) in [5.41, 5.74) is 6.88. The maximum Gasteiger partial charge on any atom is 0.312 e. The number of anilines is 1. The SMILES string of the molecule is C=C(CCN1C(=C)C=CC1=O)NCC(C)(C)CCOC(C)(C)CCCNC(=O)COc1cc(NC(=O)[C@H](CCCNC(N)=O)NC(=O)C(NC(C)=O)C(C)C)ccc1CO. The van der Waals surface area contributed by atoms with Crippen LogP contribution in [-0.2, 0) is 35.3 Å². The molecule has 7 amide bonds. The van der Waals surface area contributed by atoms with Gasteiger partial charge in [-0.2, -0.15) is 0 Å². The number of carbonyl (C=O) groups excluding carboxylic acids is 6. The van der Waals surface area contributed by atoms with E-state index in [1.165, 1.54) is 19.1 Å². The highest BCUT2D eigenvalue weighted by molar-refractivity contribution is 5.98. The number of benzene rings is 1. The Balaban J connectivity index is 1.84. The van der Waals surface area contributed by atoms with Gasteiger partial charge in [-0.3, -0.25) is 24.0 Å². The van der Waals surface area contributed by atoms with Crippen molar-refractivity contribution in [2.24, 2.45) is 17.1 Å². The molecule has 17 nitrogen and oxygen atoms in total. The minimum absolute atomic E-state index is 0.0601. The van der Waals surface area contributed by atoms with Gasteiger partial charge in [0, 0.05) is 80.9 Å². The first-order valence-corrected chi connectivity index (χ1v) is 20.4. The van der Waals surface area contributed by atoms with E-state index in [0.29, 0.717) is 63.2 Å². The van der Waals surface area contributed by atoms with Crippen molar-refractivity contribution in [3.63, 3.8) is 0 Å². The van der Waals surface area contributed by atoms with Gasteiger partial charge in [0.25, 0.3) is 11.8 Å². The lowest BCUT2D eigenvalue weighted by Crippen LogP contribution is -2.54. The Labute approximate surface area is 354 Å². The van der Waals surface area contributed by atoms with Crippen molar-refractivity contribution in [1.82, 2.24) is 31.5 Å². The van der Waals surface area contributed by atoms with Gasteiger partial charge in [0.15, 0.2) is 6.61 Å². The van der Waals surface area contributed by atoms with Gasteiger partial charge in [0.05, 0.1) is 12.2 Å². The zero-order chi connectivity index (χ0) is 45.0. The first-order valence-electron chi connectivity index (χ1n) is 20.4. The van der Waals surface area contributed by atoms with Crippen molar-refractivity contribution in [2.45, 2.75) is 111 Å². The molecule has 0 radical (unpaired) electrons. The first kappa shape index (κ1) is 50.7. The maximum atomic E-state index is 13.5. The highest BCUT2D eigenvalue weighted by Gasteiger charge is 2.29. The number of rotatable bonds is 28. The number of ether oxygens (including phenoxy) is 2. The average Bonchev–Trinajstić information content (AvgIpc) is 3.49.